The normalized spacial score (nSPS) is 14.4. The molecule has 1 aliphatic heterocycles. The minimum atomic E-state index is -4.66. The fourth-order valence-corrected chi connectivity index (χ4v) is 5.56. The summed E-state index contributed by atoms with van der Waals surface area (Å²) >= 11 is 0. The topological polar surface area (TPSA) is 29.0 Å². The molecular weight excluding hydrogens is 540 g/mol. The Morgan fingerprint density at radius 1 is 0.610 bits per heavy atom. The van der Waals surface area contributed by atoms with Crippen molar-refractivity contribution in [2.24, 2.45) is 0 Å². The number of fused-ring (bicyclic) bond motifs is 2. The second-order valence-electron chi connectivity index (χ2n) is 9.76. The van der Waals surface area contributed by atoms with E-state index in [1.807, 2.05) is 30.3 Å². The van der Waals surface area contributed by atoms with E-state index >= 15 is 0 Å². The number of hydrogen-bond donors (Lipinski definition) is 0. The SMILES string of the molecule is CN1c2cc(C(F)(F)F)ccc2C(c2ccccn2)(c2cccc(-c3ccccc3)n2)c2ccc(C(F)(F)F)cc21. The van der Waals surface area contributed by atoms with Gasteiger partial charge in [0.25, 0.3) is 0 Å². The van der Waals surface area contributed by atoms with Crippen LogP contribution in [0.5, 0.6) is 0 Å². The van der Waals surface area contributed by atoms with E-state index in [2.05, 4.69) is 4.98 Å². The van der Waals surface area contributed by atoms with Gasteiger partial charge >= 0.3 is 12.4 Å². The van der Waals surface area contributed by atoms with Gasteiger partial charge in [-0.3, -0.25) is 9.97 Å². The molecule has 0 atom stereocenters. The van der Waals surface area contributed by atoms with Gasteiger partial charge in [-0.05, 0) is 59.7 Å². The van der Waals surface area contributed by atoms with Gasteiger partial charge in [-0.15, -0.1) is 0 Å². The van der Waals surface area contributed by atoms with Crippen LogP contribution in [0, 0.1) is 0 Å². The number of aromatic nitrogens is 2. The average molecular weight is 562 g/mol. The molecule has 2 aromatic heterocycles. The molecule has 1 aliphatic rings. The Labute approximate surface area is 231 Å². The summed E-state index contributed by atoms with van der Waals surface area (Å²) in [6.07, 6.45) is -7.78. The van der Waals surface area contributed by atoms with Gasteiger partial charge in [-0.2, -0.15) is 26.3 Å². The summed E-state index contributed by atoms with van der Waals surface area (Å²) in [5, 5.41) is 0. The Morgan fingerprint density at radius 2 is 1.17 bits per heavy atom. The smallest absolute Gasteiger partial charge is 0.344 e. The second kappa shape index (κ2) is 9.47. The van der Waals surface area contributed by atoms with E-state index in [4.69, 9.17) is 4.98 Å². The van der Waals surface area contributed by atoms with Gasteiger partial charge in [0, 0.05) is 30.2 Å². The minimum Gasteiger partial charge on any atom is -0.344 e. The van der Waals surface area contributed by atoms with Gasteiger partial charge in [-0.1, -0.05) is 54.6 Å². The van der Waals surface area contributed by atoms with Crippen LogP contribution < -0.4 is 4.90 Å². The molecule has 0 radical (unpaired) electrons. The highest BCUT2D eigenvalue weighted by atomic mass is 19.4. The lowest BCUT2D eigenvalue weighted by atomic mass is 9.65. The van der Waals surface area contributed by atoms with Crippen LogP contribution >= 0.6 is 0 Å². The maximum atomic E-state index is 13.9. The molecule has 3 nitrogen and oxygen atoms in total. The molecule has 6 rings (SSSR count). The summed E-state index contributed by atoms with van der Waals surface area (Å²) in [5.41, 5.74) is -0.0172. The first-order chi connectivity index (χ1) is 19.5. The molecule has 0 aliphatic carbocycles. The largest absolute Gasteiger partial charge is 0.416 e. The lowest BCUT2D eigenvalue weighted by molar-refractivity contribution is -0.138. The van der Waals surface area contributed by atoms with Crippen LogP contribution in [0.25, 0.3) is 11.3 Å². The zero-order valence-corrected chi connectivity index (χ0v) is 21.5. The Bertz CT molecular complexity index is 1670. The van der Waals surface area contributed by atoms with Gasteiger partial charge < -0.3 is 4.90 Å². The average Bonchev–Trinajstić information content (AvgIpc) is 2.97. The van der Waals surface area contributed by atoms with Gasteiger partial charge in [0.15, 0.2) is 0 Å². The first kappa shape index (κ1) is 26.6. The highest BCUT2D eigenvalue weighted by Crippen LogP contribution is 2.56. The molecule has 0 saturated heterocycles. The first-order valence-corrected chi connectivity index (χ1v) is 12.6. The van der Waals surface area contributed by atoms with E-state index in [-0.39, 0.29) is 11.4 Å². The van der Waals surface area contributed by atoms with Crippen LogP contribution in [-0.2, 0) is 17.8 Å². The molecule has 41 heavy (non-hydrogen) atoms. The number of nitrogens with zero attached hydrogens (tertiary/aromatic N) is 3. The third-order valence-electron chi connectivity index (χ3n) is 7.43. The predicted molar refractivity (Wildman–Crippen MR) is 144 cm³/mol. The summed E-state index contributed by atoms with van der Waals surface area (Å²) in [7, 11) is 1.47. The Morgan fingerprint density at radius 3 is 1.71 bits per heavy atom. The van der Waals surface area contributed by atoms with Crippen LogP contribution in [0.1, 0.15) is 33.6 Å². The molecule has 0 spiro atoms. The van der Waals surface area contributed by atoms with Crippen LogP contribution in [-0.4, -0.2) is 17.0 Å². The van der Waals surface area contributed by atoms with Crippen molar-refractivity contribution in [1.82, 2.24) is 9.97 Å². The van der Waals surface area contributed by atoms with E-state index in [0.29, 0.717) is 28.2 Å². The zero-order valence-electron chi connectivity index (χ0n) is 21.5. The van der Waals surface area contributed by atoms with Crippen molar-refractivity contribution >= 4 is 11.4 Å². The van der Waals surface area contributed by atoms with Crippen LogP contribution in [0.3, 0.4) is 0 Å². The molecule has 3 heterocycles. The Hall–Kier alpha value is -4.66. The molecule has 206 valence electrons. The lowest BCUT2D eigenvalue weighted by Crippen LogP contribution is -2.39. The van der Waals surface area contributed by atoms with Crippen molar-refractivity contribution in [2.75, 3.05) is 11.9 Å². The molecule has 0 fully saturated rings. The van der Waals surface area contributed by atoms with E-state index < -0.39 is 28.9 Å². The van der Waals surface area contributed by atoms with Crippen LogP contribution in [0.4, 0.5) is 37.7 Å². The monoisotopic (exact) mass is 561 g/mol. The molecular formula is C32H21F6N3. The number of hydrogen-bond acceptors (Lipinski definition) is 3. The number of benzene rings is 3. The summed E-state index contributed by atoms with van der Waals surface area (Å²) in [6.45, 7) is 0. The van der Waals surface area contributed by atoms with Gasteiger partial charge in [0.05, 0.1) is 28.2 Å². The molecule has 9 heteroatoms. The van der Waals surface area contributed by atoms with Crippen molar-refractivity contribution in [1.29, 1.82) is 0 Å². The van der Waals surface area contributed by atoms with Crippen molar-refractivity contribution in [3.63, 3.8) is 0 Å². The maximum Gasteiger partial charge on any atom is 0.416 e. The maximum absolute atomic E-state index is 13.9. The standard InChI is InChI=1S/C32H21F6N3/c1-41-26-18-21(31(33,34)35)13-15-23(26)30(28-11-5-6-17-39-28,24-16-14-22(19-27(24)41)32(36,37)38)29-12-7-10-25(40-29)20-8-3-2-4-9-20/h2-19H,1H3. The van der Waals surface area contributed by atoms with E-state index in [0.717, 1.165) is 29.8 Å². The van der Waals surface area contributed by atoms with E-state index in [1.165, 1.54) is 24.1 Å². The number of pyridine rings is 2. The highest BCUT2D eigenvalue weighted by molar-refractivity contribution is 5.83. The molecule has 3 aromatic carbocycles. The van der Waals surface area contributed by atoms with E-state index in [9.17, 15) is 26.3 Å². The summed E-state index contributed by atoms with van der Waals surface area (Å²) in [4.78, 5) is 11.0. The second-order valence-corrected chi connectivity index (χ2v) is 9.76. The predicted octanol–water partition coefficient (Wildman–Crippen LogP) is 8.65. The van der Waals surface area contributed by atoms with Crippen LogP contribution in [0.2, 0.25) is 0 Å². The molecule has 0 saturated carbocycles. The third kappa shape index (κ3) is 4.32. The number of alkyl halides is 6. The summed E-state index contributed by atoms with van der Waals surface area (Å²) in [6, 6.07) is 26.5. The molecule has 0 bridgehead atoms. The van der Waals surface area contributed by atoms with Crippen molar-refractivity contribution < 1.29 is 26.3 Å². The molecule has 0 unspecified atom stereocenters. The molecule has 5 aromatic rings. The lowest BCUT2D eigenvalue weighted by Gasteiger charge is -2.44. The third-order valence-corrected chi connectivity index (χ3v) is 7.43. The Balaban J connectivity index is 1.75. The summed E-state index contributed by atoms with van der Waals surface area (Å²) < 4.78 is 83.3. The van der Waals surface area contributed by atoms with Gasteiger partial charge in [0.2, 0.25) is 0 Å². The summed E-state index contributed by atoms with van der Waals surface area (Å²) in [5.74, 6) is 0. The van der Waals surface area contributed by atoms with E-state index in [1.54, 1.807) is 42.6 Å². The highest BCUT2D eigenvalue weighted by Gasteiger charge is 2.49. The van der Waals surface area contributed by atoms with Crippen molar-refractivity contribution in [2.45, 2.75) is 17.8 Å². The molecule has 0 amide bonds. The van der Waals surface area contributed by atoms with Crippen molar-refractivity contribution in [3.05, 3.63) is 143 Å². The number of halogens is 6. The molecule has 0 N–H and O–H groups in total. The van der Waals surface area contributed by atoms with Gasteiger partial charge in [0.1, 0.15) is 5.41 Å². The minimum absolute atomic E-state index is 0.101. The fourth-order valence-electron chi connectivity index (χ4n) is 5.56. The quantitative estimate of drug-likeness (QED) is 0.207. The first-order valence-electron chi connectivity index (χ1n) is 12.6. The van der Waals surface area contributed by atoms with Gasteiger partial charge in [-0.25, -0.2) is 0 Å². The van der Waals surface area contributed by atoms with Crippen molar-refractivity contribution in [3.8, 4) is 11.3 Å². The zero-order chi connectivity index (χ0) is 29.0. The number of anilines is 2. The van der Waals surface area contributed by atoms with Crippen LogP contribution in [0.15, 0.2) is 109 Å². The fraction of sp³-hybridized carbons (Fsp3) is 0.125. The Kier molecular flexibility index (Phi) is 6.13. The number of rotatable bonds is 3.